The van der Waals surface area contributed by atoms with Crippen molar-refractivity contribution >= 4 is 44.8 Å². The average molecular weight is 354 g/mol. The molecule has 0 saturated heterocycles. The van der Waals surface area contributed by atoms with Crippen LogP contribution in [0.3, 0.4) is 0 Å². The molecule has 0 fully saturated rings. The number of hydrogen-bond acceptors (Lipinski definition) is 3. The maximum absolute atomic E-state index is 12.2. The second kappa shape index (κ2) is 5.76. The number of aromatic carboxylic acids is 1. The van der Waals surface area contributed by atoms with Gasteiger partial charge in [0.1, 0.15) is 0 Å². The standard InChI is InChI=1S/C14H12BrNO3S/c1-7-5-12(20-8(7)2)13(17)16-11-6-9(15)3-4-10(11)14(18)19/h3-6H,1-2H3,(H,16,17)(H,18,19). The van der Waals surface area contributed by atoms with Gasteiger partial charge in [-0.05, 0) is 43.7 Å². The van der Waals surface area contributed by atoms with E-state index < -0.39 is 5.97 Å². The summed E-state index contributed by atoms with van der Waals surface area (Å²) >= 11 is 4.65. The number of carbonyl (C=O) groups excluding carboxylic acids is 1. The SMILES string of the molecule is Cc1cc(C(=O)Nc2cc(Br)ccc2C(=O)O)sc1C. The normalized spacial score (nSPS) is 10.3. The topological polar surface area (TPSA) is 66.4 Å². The molecule has 2 N–H and O–H groups in total. The van der Waals surface area contributed by atoms with E-state index in [1.807, 2.05) is 13.8 Å². The first-order chi connectivity index (χ1) is 9.38. The lowest BCUT2D eigenvalue weighted by atomic mass is 10.2. The number of benzene rings is 1. The molecule has 0 aliphatic carbocycles. The molecule has 1 heterocycles. The predicted molar refractivity (Wildman–Crippen MR) is 82.8 cm³/mol. The molecule has 0 atom stereocenters. The Morgan fingerprint density at radius 2 is 1.95 bits per heavy atom. The van der Waals surface area contributed by atoms with E-state index in [-0.39, 0.29) is 17.2 Å². The van der Waals surface area contributed by atoms with Crippen LogP contribution in [-0.2, 0) is 0 Å². The highest BCUT2D eigenvalue weighted by Gasteiger charge is 2.15. The predicted octanol–water partition coefficient (Wildman–Crippen LogP) is 4.08. The molecule has 0 aliphatic rings. The lowest BCUT2D eigenvalue weighted by Gasteiger charge is -2.08. The zero-order valence-electron chi connectivity index (χ0n) is 10.9. The highest BCUT2D eigenvalue weighted by atomic mass is 79.9. The van der Waals surface area contributed by atoms with Gasteiger partial charge >= 0.3 is 5.97 Å². The van der Waals surface area contributed by atoms with Gasteiger partial charge in [0.15, 0.2) is 0 Å². The molecule has 0 saturated carbocycles. The zero-order chi connectivity index (χ0) is 14.9. The summed E-state index contributed by atoms with van der Waals surface area (Å²) in [5, 5.41) is 11.8. The van der Waals surface area contributed by atoms with Gasteiger partial charge in [-0.15, -0.1) is 11.3 Å². The molecule has 1 amide bonds. The van der Waals surface area contributed by atoms with Crippen LogP contribution < -0.4 is 5.32 Å². The van der Waals surface area contributed by atoms with Crippen LogP contribution in [0.15, 0.2) is 28.7 Å². The number of carboxylic acid groups (broad SMARTS) is 1. The highest BCUT2D eigenvalue weighted by Crippen LogP contribution is 2.25. The van der Waals surface area contributed by atoms with Crippen LogP contribution in [-0.4, -0.2) is 17.0 Å². The van der Waals surface area contributed by atoms with Gasteiger partial charge < -0.3 is 10.4 Å². The first-order valence-electron chi connectivity index (χ1n) is 5.79. The highest BCUT2D eigenvalue weighted by molar-refractivity contribution is 9.10. The van der Waals surface area contributed by atoms with Gasteiger partial charge in [0.2, 0.25) is 0 Å². The molecule has 0 bridgehead atoms. The number of amides is 1. The van der Waals surface area contributed by atoms with Crippen LogP contribution in [0.4, 0.5) is 5.69 Å². The third-order valence-electron chi connectivity index (χ3n) is 2.85. The Balaban J connectivity index is 2.32. The van der Waals surface area contributed by atoms with Gasteiger partial charge in [-0.25, -0.2) is 4.79 Å². The first kappa shape index (κ1) is 14.7. The summed E-state index contributed by atoms with van der Waals surface area (Å²) in [4.78, 5) is 24.9. The molecule has 2 rings (SSSR count). The fourth-order valence-electron chi connectivity index (χ4n) is 1.68. The van der Waals surface area contributed by atoms with E-state index >= 15 is 0 Å². The van der Waals surface area contributed by atoms with Crippen LogP contribution in [0.1, 0.15) is 30.5 Å². The maximum Gasteiger partial charge on any atom is 0.337 e. The van der Waals surface area contributed by atoms with E-state index in [0.717, 1.165) is 10.4 Å². The number of halogens is 1. The van der Waals surface area contributed by atoms with Crippen molar-refractivity contribution in [3.05, 3.63) is 49.6 Å². The second-order valence-corrected chi connectivity index (χ2v) is 6.47. The summed E-state index contributed by atoms with van der Waals surface area (Å²) in [5.74, 6) is -1.38. The fourth-order valence-corrected chi connectivity index (χ4v) is 2.97. The minimum Gasteiger partial charge on any atom is -0.478 e. The van der Waals surface area contributed by atoms with Gasteiger partial charge in [-0.3, -0.25) is 4.79 Å². The molecule has 104 valence electrons. The number of hydrogen-bond donors (Lipinski definition) is 2. The number of carbonyl (C=O) groups is 2. The van der Waals surface area contributed by atoms with Gasteiger partial charge in [-0.1, -0.05) is 15.9 Å². The summed E-state index contributed by atoms with van der Waals surface area (Å²) in [5.41, 5.74) is 1.39. The van der Waals surface area contributed by atoms with Crippen molar-refractivity contribution in [2.24, 2.45) is 0 Å². The molecule has 6 heteroatoms. The lowest BCUT2D eigenvalue weighted by molar-refractivity contribution is 0.0698. The smallest absolute Gasteiger partial charge is 0.337 e. The van der Waals surface area contributed by atoms with Gasteiger partial charge in [0.05, 0.1) is 16.1 Å². The van der Waals surface area contributed by atoms with Gasteiger partial charge in [0, 0.05) is 9.35 Å². The largest absolute Gasteiger partial charge is 0.478 e. The Kier molecular flexibility index (Phi) is 4.25. The molecule has 0 unspecified atom stereocenters. The number of aryl methyl sites for hydroxylation is 2. The van der Waals surface area contributed by atoms with E-state index in [4.69, 9.17) is 5.11 Å². The van der Waals surface area contributed by atoms with Crippen molar-refractivity contribution in [2.75, 3.05) is 5.32 Å². The summed E-state index contributed by atoms with van der Waals surface area (Å²) in [7, 11) is 0. The van der Waals surface area contributed by atoms with E-state index in [9.17, 15) is 9.59 Å². The molecular formula is C14H12BrNO3S. The van der Waals surface area contributed by atoms with Crippen LogP contribution >= 0.6 is 27.3 Å². The molecule has 0 aliphatic heterocycles. The molecule has 0 spiro atoms. The van der Waals surface area contributed by atoms with Crippen molar-refractivity contribution in [1.29, 1.82) is 0 Å². The Morgan fingerprint density at radius 3 is 2.50 bits per heavy atom. The average Bonchev–Trinajstić information content (AvgIpc) is 2.69. The molecule has 1 aromatic heterocycles. The molecular weight excluding hydrogens is 342 g/mol. The monoisotopic (exact) mass is 353 g/mol. The fraction of sp³-hybridized carbons (Fsp3) is 0.143. The number of rotatable bonds is 3. The molecule has 1 aromatic carbocycles. The number of anilines is 1. The van der Waals surface area contributed by atoms with E-state index in [1.165, 1.54) is 17.4 Å². The zero-order valence-corrected chi connectivity index (χ0v) is 13.3. The Labute approximate surface area is 128 Å². The minimum atomic E-state index is -1.08. The minimum absolute atomic E-state index is 0.0616. The van der Waals surface area contributed by atoms with Crippen molar-refractivity contribution in [1.82, 2.24) is 0 Å². The van der Waals surface area contributed by atoms with Crippen molar-refractivity contribution in [2.45, 2.75) is 13.8 Å². The number of carboxylic acids is 1. The third kappa shape index (κ3) is 3.08. The second-order valence-electron chi connectivity index (χ2n) is 4.30. The molecule has 4 nitrogen and oxygen atoms in total. The van der Waals surface area contributed by atoms with Crippen molar-refractivity contribution in [3.63, 3.8) is 0 Å². The maximum atomic E-state index is 12.2. The lowest BCUT2D eigenvalue weighted by Crippen LogP contribution is -2.13. The third-order valence-corrected chi connectivity index (χ3v) is 4.49. The van der Waals surface area contributed by atoms with E-state index in [2.05, 4.69) is 21.2 Å². The van der Waals surface area contributed by atoms with Crippen molar-refractivity contribution in [3.8, 4) is 0 Å². The Morgan fingerprint density at radius 1 is 1.25 bits per heavy atom. The molecule has 20 heavy (non-hydrogen) atoms. The Hall–Kier alpha value is -1.66. The van der Waals surface area contributed by atoms with Crippen LogP contribution in [0, 0.1) is 13.8 Å². The van der Waals surface area contributed by atoms with Gasteiger partial charge in [0.25, 0.3) is 5.91 Å². The Bertz CT molecular complexity index is 674. The van der Waals surface area contributed by atoms with E-state index in [1.54, 1.807) is 18.2 Å². The van der Waals surface area contributed by atoms with Crippen LogP contribution in [0.5, 0.6) is 0 Å². The van der Waals surface area contributed by atoms with E-state index in [0.29, 0.717) is 9.35 Å². The summed E-state index contributed by atoms with van der Waals surface area (Å²) < 4.78 is 0.705. The van der Waals surface area contributed by atoms with Crippen molar-refractivity contribution < 1.29 is 14.7 Å². The summed E-state index contributed by atoms with van der Waals surface area (Å²) in [6.07, 6.45) is 0. The van der Waals surface area contributed by atoms with Crippen LogP contribution in [0.2, 0.25) is 0 Å². The van der Waals surface area contributed by atoms with Crippen LogP contribution in [0.25, 0.3) is 0 Å². The van der Waals surface area contributed by atoms with Gasteiger partial charge in [-0.2, -0.15) is 0 Å². The first-order valence-corrected chi connectivity index (χ1v) is 7.40. The molecule has 0 radical (unpaired) electrons. The number of thiophene rings is 1. The number of nitrogens with one attached hydrogen (secondary N) is 1. The molecule has 2 aromatic rings. The summed E-state index contributed by atoms with van der Waals surface area (Å²) in [6, 6.07) is 6.45. The summed E-state index contributed by atoms with van der Waals surface area (Å²) in [6.45, 7) is 3.88. The quantitative estimate of drug-likeness (QED) is 0.873.